The van der Waals surface area contributed by atoms with E-state index in [0.29, 0.717) is 30.5 Å². The van der Waals surface area contributed by atoms with Gasteiger partial charge in [-0.25, -0.2) is 0 Å². The first-order valence-corrected chi connectivity index (χ1v) is 6.84. The molecule has 1 heterocycles. The standard InChI is InChI=1S/C14H16N2O5/c17-13-11-7-3-4-8-12(11)14(18)15(13)9-5-1-2-6-10-21-16(19)20/h3-4,7-8H,1-2,5-6,9-10H2. The van der Waals surface area contributed by atoms with Crippen molar-refractivity contribution in [2.24, 2.45) is 0 Å². The SMILES string of the molecule is O=C1c2ccccc2C(=O)N1CCCCCCO[N+](=O)[O-]. The first-order chi connectivity index (χ1) is 10.1. The van der Waals surface area contributed by atoms with Gasteiger partial charge in [-0.2, -0.15) is 0 Å². The number of carbonyl (C=O) groups is 2. The summed E-state index contributed by atoms with van der Waals surface area (Å²) in [5, 5.41) is 9.14. The maximum Gasteiger partial charge on any atom is 0.294 e. The average molecular weight is 292 g/mol. The van der Waals surface area contributed by atoms with Gasteiger partial charge in [0.15, 0.2) is 0 Å². The third-order valence-corrected chi connectivity index (χ3v) is 3.35. The summed E-state index contributed by atoms with van der Waals surface area (Å²) in [6.07, 6.45) is 2.82. The Kier molecular flexibility index (Phi) is 4.86. The minimum absolute atomic E-state index is 0.0833. The molecule has 0 bridgehead atoms. The first kappa shape index (κ1) is 15.0. The van der Waals surface area contributed by atoms with E-state index in [1.165, 1.54) is 4.90 Å². The molecule has 0 fully saturated rings. The summed E-state index contributed by atoms with van der Waals surface area (Å²) in [5.74, 6) is -0.487. The van der Waals surface area contributed by atoms with Crippen LogP contribution >= 0.6 is 0 Å². The van der Waals surface area contributed by atoms with Crippen molar-refractivity contribution in [3.63, 3.8) is 0 Å². The molecule has 0 saturated heterocycles. The molecular weight excluding hydrogens is 276 g/mol. The van der Waals surface area contributed by atoms with Crippen molar-refractivity contribution in [2.45, 2.75) is 25.7 Å². The van der Waals surface area contributed by atoms with Gasteiger partial charge in [-0.05, 0) is 25.0 Å². The third kappa shape index (κ3) is 3.56. The monoisotopic (exact) mass is 292 g/mol. The zero-order valence-electron chi connectivity index (χ0n) is 11.5. The molecule has 0 atom stereocenters. The lowest BCUT2D eigenvalue weighted by atomic mass is 10.1. The highest BCUT2D eigenvalue weighted by Crippen LogP contribution is 2.22. The highest BCUT2D eigenvalue weighted by molar-refractivity contribution is 6.21. The highest BCUT2D eigenvalue weighted by Gasteiger charge is 2.34. The minimum Gasteiger partial charge on any atom is -0.314 e. The molecule has 0 unspecified atom stereocenters. The van der Waals surface area contributed by atoms with E-state index in [4.69, 9.17) is 0 Å². The van der Waals surface area contributed by atoms with Crippen molar-refractivity contribution in [1.29, 1.82) is 0 Å². The van der Waals surface area contributed by atoms with Gasteiger partial charge in [0.1, 0.15) is 0 Å². The van der Waals surface area contributed by atoms with E-state index in [1.807, 2.05) is 0 Å². The average Bonchev–Trinajstić information content (AvgIpc) is 2.71. The largest absolute Gasteiger partial charge is 0.314 e. The topological polar surface area (TPSA) is 89.8 Å². The maximum absolute atomic E-state index is 12.1. The molecule has 1 aliphatic heterocycles. The number of amides is 2. The van der Waals surface area contributed by atoms with Crippen LogP contribution < -0.4 is 0 Å². The molecule has 2 rings (SSSR count). The molecule has 112 valence electrons. The summed E-state index contributed by atoms with van der Waals surface area (Å²) in [5.41, 5.74) is 0.920. The fourth-order valence-electron chi connectivity index (χ4n) is 2.31. The molecule has 21 heavy (non-hydrogen) atoms. The van der Waals surface area contributed by atoms with E-state index in [1.54, 1.807) is 24.3 Å². The smallest absolute Gasteiger partial charge is 0.294 e. The molecule has 1 aromatic rings. The number of benzene rings is 1. The van der Waals surface area contributed by atoms with E-state index < -0.39 is 5.09 Å². The van der Waals surface area contributed by atoms with Crippen LogP contribution in [0.15, 0.2) is 24.3 Å². The van der Waals surface area contributed by atoms with Crippen LogP contribution in [0, 0.1) is 10.1 Å². The molecule has 1 aromatic carbocycles. The molecule has 0 spiro atoms. The molecule has 2 amide bonds. The number of fused-ring (bicyclic) bond motifs is 1. The summed E-state index contributed by atoms with van der Waals surface area (Å²) in [4.78, 5) is 39.5. The van der Waals surface area contributed by atoms with Gasteiger partial charge < -0.3 is 4.84 Å². The van der Waals surface area contributed by atoms with Crippen LogP contribution in [-0.4, -0.2) is 35.0 Å². The second-order valence-corrected chi connectivity index (χ2v) is 4.78. The lowest BCUT2D eigenvalue weighted by Gasteiger charge is -2.13. The zero-order valence-corrected chi connectivity index (χ0v) is 11.5. The number of hydrogen-bond donors (Lipinski definition) is 0. The van der Waals surface area contributed by atoms with Gasteiger partial charge in [0, 0.05) is 6.54 Å². The number of imide groups is 1. The van der Waals surface area contributed by atoms with Gasteiger partial charge in [0.25, 0.3) is 16.9 Å². The Hall–Kier alpha value is -2.44. The number of carbonyl (C=O) groups excluding carboxylic acids is 2. The summed E-state index contributed by atoms with van der Waals surface area (Å²) < 4.78 is 0. The predicted molar refractivity (Wildman–Crippen MR) is 73.2 cm³/mol. The Morgan fingerprint density at radius 2 is 1.57 bits per heavy atom. The zero-order chi connectivity index (χ0) is 15.2. The Bertz CT molecular complexity index is 523. The quantitative estimate of drug-likeness (QED) is 0.316. The first-order valence-electron chi connectivity index (χ1n) is 6.84. The molecule has 0 aromatic heterocycles. The fraction of sp³-hybridized carbons (Fsp3) is 0.429. The van der Waals surface area contributed by atoms with Crippen molar-refractivity contribution >= 4 is 11.8 Å². The molecule has 0 N–H and O–H groups in total. The van der Waals surface area contributed by atoms with Crippen molar-refractivity contribution in [3.8, 4) is 0 Å². The van der Waals surface area contributed by atoms with Gasteiger partial charge in [0.2, 0.25) is 0 Å². The molecule has 1 aliphatic rings. The molecule has 7 nitrogen and oxygen atoms in total. The van der Waals surface area contributed by atoms with Crippen LogP contribution in [-0.2, 0) is 4.84 Å². The lowest BCUT2D eigenvalue weighted by Crippen LogP contribution is -2.30. The highest BCUT2D eigenvalue weighted by atomic mass is 16.9. The van der Waals surface area contributed by atoms with Crippen LogP contribution in [0.1, 0.15) is 46.4 Å². The summed E-state index contributed by atoms with van der Waals surface area (Å²) in [6.45, 7) is 0.461. The van der Waals surface area contributed by atoms with Crippen LogP contribution in [0.2, 0.25) is 0 Å². The fourth-order valence-corrected chi connectivity index (χ4v) is 2.31. The molecule has 0 radical (unpaired) electrons. The van der Waals surface area contributed by atoms with Crippen LogP contribution in [0.5, 0.6) is 0 Å². The number of rotatable bonds is 8. The number of nitrogens with zero attached hydrogens (tertiary/aromatic N) is 2. The summed E-state index contributed by atoms with van der Waals surface area (Å²) >= 11 is 0. The maximum atomic E-state index is 12.1. The van der Waals surface area contributed by atoms with E-state index in [9.17, 15) is 19.7 Å². The molecule has 7 heteroatoms. The normalized spacial score (nSPS) is 13.4. The summed E-state index contributed by atoms with van der Waals surface area (Å²) in [7, 11) is 0. The van der Waals surface area contributed by atoms with Gasteiger partial charge in [-0.15, -0.1) is 10.1 Å². The second kappa shape index (κ2) is 6.83. The Balaban J connectivity index is 1.72. The van der Waals surface area contributed by atoms with Gasteiger partial charge >= 0.3 is 0 Å². The summed E-state index contributed by atoms with van der Waals surface area (Å²) in [6, 6.07) is 6.79. The van der Waals surface area contributed by atoms with Crippen LogP contribution in [0.4, 0.5) is 0 Å². The van der Waals surface area contributed by atoms with E-state index >= 15 is 0 Å². The molecule has 0 aliphatic carbocycles. The lowest BCUT2D eigenvalue weighted by molar-refractivity contribution is -0.757. The van der Waals surface area contributed by atoms with Gasteiger partial charge in [-0.3, -0.25) is 14.5 Å². The van der Waals surface area contributed by atoms with E-state index in [2.05, 4.69) is 4.84 Å². The van der Waals surface area contributed by atoms with Crippen LogP contribution in [0.3, 0.4) is 0 Å². The molecular formula is C14H16N2O5. The van der Waals surface area contributed by atoms with Gasteiger partial charge in [0.05, 0.1) is 17.7 Å². The Morgan fingerprint density at radius 3 is 2.14 bits per heavy atom. The van der Waals surface area contributed by atoms with Crippen molar-refractivity contribution in [3.05, 3.63) is 45.5 Å². The number of unbranched alkanes of at least 4 members (excludes halogenated alkanes) is 3. The third-order valence-electron chi connectivity index (χ3n) is 3.35. The predicted octanol–water partition coefficient (Wildman–Crippen LogP) is 2.05. The second-order valence-electron chi connectivity index (χ2n) is 4.78. The number of hydrogen-bond acceptors (Lipinski definition) is 5. The van der Waals surface area contributed by atoms with E-state index in [-0.39, 0.29) is 18.4 Å². The minimum atomic E-state index is -0.807. The van der Waals surface area contributed by atoms with Crippen molar-refractivity contribution < 1.29 is 19.5 Å². The molecule has 0 saturated carbocycles. The Labute approximate surface area is 121 Å². The van der Waals surface area contributed by atoms with E-state index in [0.717, 1.165) is 12.8 Å². The van der Waals surface area contributed by atoms with Crippen LogP contribution in [0.25, 0.3) is 0 Å². The van der Waals surface area contributed by atoms with Crippen molar-refractivity contribution in [2.75, 3.05) is 13.2 Å². The Morgan fingerprint density at radius 1 is 1.00 bits per heavy atom. The van der Waals surface area contributed by atoms with Crippen molar-refractivity contribution in [1.82, 2.24) is 4.90 Å². The van der Waals surface area contributed by atoms with Gasteiger partial charge in [-0.1, -0.05) is 25.0 Å².